The molecule has 2 unspecified atom stereocenters. The van der Waals surface area contributed by atoms with Gasteiger partial charge >= 0.3 is 0 Å². The molecule has 4 nitrogen and oxygen atoms in total. The van der Waals surface area contributed by atoms with Crippen LogP contribution in [-0.2, 0) is 4.74 Å². The summed E-state index contributed by atoms with van der Waals surface area (Å²) in [4.78, 5) is 0. The molecule has 2 aromatic carbocycles. The van der Waals surface area contributed by atoms with Gasteiger partial charge in [0.1, 0.15) is 25.4 Å². The topological polar surface area (TPSA) is 47.9 Å². The third kappa shape index (κ3) is 2.86. The van der Waals surface area contributed by atoms with Crippen molar-refractivity contribution in [3.8, 4) is 11.5 Å². The van der Waals surface area contributed by atoms with Crippen LogP contribution in [0, 0.1) is 0 Å². The number of rotatable bonds is 4. The summed E-state index contributed by atoms with van der Waals surface area (Å²) in [5, 5.41) is 10.6. The van der Waals surface area contributed by atoms with Crippen LogP contribution in [0.1, 0.15) is 23.3 Å². The minimum atomic E-state index is -0.770. The first-order valence-electron chi connectivity index (χ1n) is 6.95. The molecule has 1 N–H and O–H groups in total. The zero-order chi connectivity index (χ0) is 14.7. The summed E-state index contributed by atoms with van der Waals surface area (Å²) in [6, 6.07) is 15.2. The monoisotopic (exact) mass is 286 g/mol. The highest BCUT2D eigenvalue weighted by molar-refractivity contribution is 5.44. The first-order valence-corrected chi connectivity index (χ1v) is 6.95. The second-order valence-electron chi connectivity index (χ2n) is 4.91. The second kappa shape index (κ2) is 6.16. The summed E-state index contributed by atoms with van der Waals surface area (Å²) < 4.78 is 16.5. The van der Waals surface area contributed by atoms with E-state index in [0.29, 0.717) is 24.7 Å². The van der Waals surface area contributed by atoms with Crippen LogP contribution in [0.3, 0.4) is 0 Å². The minimum absolute atomic E-state index is 0.422. The fourth-order valence-corrected chi connectivity index (χ4v) is 2.51. The molecule has 0 fully saturated rings. The Labute approximate surface area is 123 Å². The first-order chi connectivity index (χ1) is 10.3. The molecule has 2 aromatic rings. The maximum atomic E-state index is 10.6. The number of fused-ring (bicyclic) bond motifs is 1. The number of aliphatic hydroxyl groups excluding tert-OH is 1. The molecule has 0 bridgehead atoms. The highest BCUT2D eigenvalue weighted by atomic mass is 16.6. The van der Waals surface area contributed by atoms with E-state index in [1.807, 2.05) is 48.5 Å². The third-order valence-corrected chi connectivity index (χ3v) is 3.58. The number of hydrogen-bond donors (Lipinski definition) is 1. The summed E-state index contributed by atoms with van der Waals surface area (Å²) in [6.07, 6.45) is -1.19. The van der Waals surface area contributed by atoms with E-state index in [-0.39, 0.29) is 0 Å². The highest BCUT2D eigenvalue weighted by Crippen LogP contribution is 2.37. The first kappa shape index (κ1) is 13.9. The zero-order valence-corrected chi connectivity index (χ0v) is 11.9. The molecule has 0 saturated heterocycles. The Bertz CT molecular complexity index is 597. The van der Waals surface area contributed by atoms with Gasteiger partial charge in [-0.3, -0.25) is 0 Å². The van der Waals surface area contributed by atoms with Crippen LogP contribution in [0.25, 0.3) is 0 Å². The van der Waals surface area contributed by atoms with E-state index in [4.69, 9.17) is 14.2 Å². The van der Waals surface area contributed by atoms with Gasteiger partial charge in [-0.2, -0.15) is 0 Å². The average molecular weight is 286 g/mol. The van der Waals surface area contributed by atoms with Crippen molar-refractivity contribution in [1.29, 1.82) is 0 Å². The molecule has 0 radical (unpaired) electrons. The fourth-order valence-electron chi connectivity index (χ4n) is 2.51. The molecular weight excluding hydrogens is 268 g/mol. The van der Waals surface area contributed by atoms with Gasteiger partial charge in [0, 0.05) is 7.11 Å². The Morgan fingerprint density at radius 2 is 1.67 bits per heavy atom. The summed E-state index contributed by atoms with van der Waals surface area (Å²) in [6.45, 7) is 1.08. The summed E-state index contributed by atoms with van der Waals surface area (Å²) in [5.41, 5.74) is 1.68. The molecule has 0 amide bonds. The van der Waals surface area contributed by atoms with Crippen molar-refractivity contribution in [3.05, 3.63) is 59.7 Å². The molecule has 0 aliphatic carbocycles. The lowest BCUT2D eigenvalue weighted by Crippen LogP contribution is -2.17. The highest BCUT2D eigenvalue weighted by Gasteiger charge is 2.24. The van der Waals surface area contributed by atoms with Crippen LogP contribution in [0.2, 0.25) is 0 Å². The summed E-state index contributed by atoms with van der Waals surface area (Å²) in [7, 11) is 1.60. The molecule has 21 heavy (non-hydrogen) atoms. The van der Waals surface area contributed by atoms with E-state index in [9.17, 15) is 5.11 Å². The van der Waals surface area contributed by atoms with Crippen molar-refractivity contribution < 1.29 is 19.3 Å². The van der Waals surface area contributed by atoms with Crippen molar-refractivity contribution in [3.63, 3.8) is 0 Å². The van der Waals surface area contributed by atoms with Crippen molar-refractivity contribution in [1.82, 2.24) is 0 Å². The van der Waals surface area contributed by atoms with Crippen LogP contribution >= 0.6 is 0 Å². The Hall–Kier alpha value is -2.04. The molecule has 4 heteroatoms. The smallest absolute Gasteiger partial charge is 0.161 e. The largest absolute Gasteiger partial charge is 0.486 e. The van der Waals surface area contributed by atoms with Crippen LogP contribution in [-0.4, -0.2) is 25.4 Å². The van der Waals surface area contributed by atoms with Gasteiger partial charge in [0.25, 0.3) is 0 Å². The van der Waals surface area contributed by atoms with Gasteiger partial charge in [0.2, 0.25) is 0 Å². The molecule has 1 aliphatic rings. The van der Waals surface area contributed by atoms with Gasteiger partial charge in [-0.1, -0.05) is 36.4 Å². The molecule has 3 rings (SSSR count). The van der Waals surface area contributed by atoms with E-state index >= 15 is 0 Å². The molecule has 1 aliphatic heterocycles. The maximum Gasteiger partial charge on any atom is 0.161 e. The lowest BCUT2D eigenvalue weighted by molar-refractivity contribution is -0.0151. The molecule has 0 aromatic heterocycles. The second-order valence-corrected chi connectivity index (χ2v) is 4.91. The normalized spacial score (nSPS) is 16.3. The number of aliphatic hydroxyl groups is 1. The van der Waals surface area contributed by atoms with Crippen molar-refractivity contribution in [2.24, 2.45) is 0 Å². The number of hydrogen-bond acceptors (Lipinski definition) is 4. The zero-order valence-electron chi connectivity index (χ0n) is 11.9. The van der Waals surface area contributed by atoms with Crippen LogP contribution in [0.4, 0.5) is 0 Å². The van der Waals surface area contributed by atoms with E-state index in [2.05, 4.69) is 0 Å². The van der Waals surface area contributed by atoms with Gasteiger partial charge in [-0.25, -0.2) is 0 Å². The Balaban J connectivity index is 1.88. The van der Waals surface area contributed by atoms with Gasteiger partial charge in [-0.15, -0.1) is 0 Å². The van der Waals surface area contributed by atoms with Crippen LogP contribution < -0.4 is 9.47 Å². The van der Waals surface area contributed by atoms with Crippen molar-refractivity contribution >= 4 is 0 Å². The van der Waals surface area contributed by atoms with Gasteiger partial charge < -0.3 is 19.3 Å². The summed E-state index contributed by atoms with van der Waals surface area (Å²) in [5.74, 6) is 1.38. The van der Waals surface area contributed by atoms with Gasteiger partial charge in [-0.05, 0) is 23.3 Å². The lowest BCUT2D eigenvalue weighted by Gasteiger charge is -2.24. The molecule has 0 saturated carbocycles. The Kier molecular flexibility index (Phi) is 4.08. The molecule has 0 spiro atoms. The summed E-state index contributed by atoms with van der Waals surface area (Å²) >= 11 is 0. The fraction of sp³-hybridized carbons (Fsp3) is 0.294. The molecule has 1 heterocycles. The van der Waals surface area contributed by atoms with Crippen LogP contribution in [0.5, 0.6) is 11.5 Å². The predicted octanol–water partition coefficient (Wildman–Crippen LogP) is 2.88. The van der Waals surface area contributed by atoms with E-state index < -0.39 is 12.2 Å². The molecular formula is C17H18O4. The number of benzene rings is 2. The SMILES string of the molecule is COC(c1ccccc1)C(O)c1ccc2c(c1)OCCO2. The predicted molar refractivity (Wildman–Crippen MR) is 78.6 cm³/mol. The Morgan fingerprint density at radius 3 is 2.38 bits per heavy atom. The quantitative estimate of drug-likeness (QED) is 0.939. The van der Waals surface area contributed by atoms with Gasteiger partial charge in [0.05, 0.1) is 0 Å². The lowest BCUT2D eigenvalue weighted by atomic mass is 9.98. The molecule has 110 valence electrons. The average Bonchev–Trinajstić information content (AvgIpc) is 2.56. The van der Waals surface area contributed by atoms with Crippen LogP contribution in [0.15, 0.2) is 48.5 Å². The molecule has 2 atom stereocenters. The minimum Gasteiger partial charge on any atom is -0.486 e. The van der Waals surface area contributed by atoms with Gasteiger partial charge in [0.15, 0.2) is 11.5 Å². The van der Waals surface area contributed by atoms with Crippen molar-refractivity contribution in [2.75, 3.05) is 20.3 Å². The Morgan fingerprint density at radius 1 is 0.952 bits per heavy atom. The number of ether oxygens (including phenoxy) is 3. The standard InChI is InChI=1S/C17H18O4/c1-19-17(12-5-3-2-4-6-12)16(18)13-7-8-14-15(11-13)21-10-9-20-14/h2-8,11,16-18H,9-10H2,1H3. The maximum absolute atomic E-state index is 10.6. The number of methoxy groups -OCH3 is 1. The third-order valence-electron chi connectivity index (χ3n) is 3.58. The van der Waals surface area contributed by atoms with Crippen molar-refractivity contribution in [2.45, 2.75) is 12.2 Å². The van der Waals surface area contributed by atoms with E-state index in [0.717, 1.165) is 11.1 Å². The van der Waals surface area contributed by atoms with E-state index in [1.54, 1.807) is 7.11 Å². The van der Waals surface area contributed by atoms with E-state index in [1.165, 1.54) is 0 Å².